The number of nitrogens with one attached hydrogen (secondary N) is 2. The summed E-state index contributed by atoms with van der Waals surface area (Å²) in [5.41, 5.74) is 0. The largest absolute Gasteiger partial charge is 1.00 e. The van der Waals surface area contributed by atoms with E-state index in [1.165, 1.54) is 44.5 Å². The summed E-state index contributed by atoms with van der Waals surface area (Å²) in [4.78, 5) is 19.9. The van der Waals surface area contributed by atoms with Crippen LogP contribution in [0.4, 0.5) is 4.79 Å². The molecule has 2 aliphatic rings. The standard InChI is InChI=1S/C20H45NP2.C13H29NP.2C8H19BP.C8H19P.C5H8ClNO2.C4H7BO.C4H9.CHO.ClH.2Li.Ru.H/c1-17(2,3)22(18(4,5)6)15-13-21-14-16-23(19(7,8)9)20(10,11)12;1-8-9-14-10-11-15(12(2,3)4)13(5,6)7;2*1-7(2,3)10(9)8(4,5)6;1-7(2,3)9-8(4,5)6;6-1-2-7-3-4-9-5(7)8;5-4-2-1-3-6-4;1-3-4-2;1-2;;;;;/h21H,13-16H2,1-12H3;14H,1,8-11H2,2-7H3;2*10H,1-6H3;9H,1-6H3;1-4H2;4H,1-3H2;1,3-4H2,2H3;1H;1H;;;;/q;-1;2*+1;;;;2*-1;;3*+1;. The molecule has 2 saturated heterocycles. The molecule has 1 amide bonds. The van der Waals surface area contributed by atoms with Crippen molar-refractivity contribution in [2.75, 3.05) is 76.8 Å². The number of unbranched alkanes of at least 4 members (excludes halogenated alkanes) is 1. The maximum atomic E-state index is 10.6. The SMILES string of the molecule is CC(C)(C)P(CCNCCP(C(C)(C)C)C(C)(C)C)C(C)(C)C.CC(C)(C)PC(C)(C)C.O=C1OCCN1CCCl.[B]C1CCCO1.[B][PH+](C(C)(C)C)C(C)(C)C.[B][PH+](C(C)(C)C)C(C)(C)C.[CH-]=O.[CH2-]CCC.[CH2-]CCNCC[PH+](C(C)(C)C)C(C)(C)C.[Cl][RuH].[Li+].[Li+]. The van der Waals surface area contributed by atoms with Crippen LogP contribution in [0.5, 0.6) is 0 Å². The Morgan fingerprint density at radius 2 is 0.870 bits per heavy atom. The van der Waals surface area contributed by atoms with Gasteiger partial charge < -0.3 is 43.6 Å². The van der Waals surface area contributed by atoms with Crippen LogP contribution in [0.15, 0.2) is 0 Å². The van der Waals surface area contributed by atoms with Gasteiger partial charge >= 0.3 is 85.9 Å². The zero-order chi connectivity index (χ0) is 74.2. The van der Waals surface area contributed by atoms with Crippen molar-refractivity contribution in [2.45, 2.75) is 356 Å². The van der Waals surface area contributed by atoms with Crippen molar-refractivity contribution >= 4 is 105 Å². The first-order chi connectivity index (χ1) is 39.8. The van der Waals surface area contributed by atoms with Crippen molar-refractivity contribution in [1.29, 1.82) is 0 Å². The second-order valence-electron chi connectivity index (χ2n) is 35.7. The summed E-state index contributed by atoms with van der Waals surface area (Å²) in [6, 6.07) is 0.0463. The molecule has 0 bridgehead atoms. The van der Waals surface area contributed by atoms with Crippen molar-refractivity contribution in [3.05, 3.63) is 13.8 Å². The molecule has 2 heterocycles. The van der Waals surface area contributed by atoms with Gasteiger partial charge in [-0.15, -0.1) is 20.2 Å². The molecular weight excluding hydrogens is 1360 g/mol. The Balaban J connectivity index is -0.000000108. The van der Waals surface area contributed by atoms with Gasteiger partial charge in [-0.1, -0.05) is 154 Å². The Bertz CT molecular complexity index is 1550. The fraction of sp³-hybridized carbons (Fsp3) is 0.944. The van der Waals surface area contributed by atoms with Gasteiger partial charge in [-0.05, 0) is 216 Å². The van der Waals surface area contributed by atoms with E-state index in [1.54, 1.807) is 22.2 Å². The molecule has 0 saturated carbocycles. The zero-order valence-electron chi connectivity index (χ0n) is 68.9. The summed E-state index contributed by atoms with van der Waals surface area (Å²) in [6.45, 7) is 104. The Labute approximate surface area is 636 Å². The second kappa shape index (κ2) is 56.4. The molecule has 6 radical (unpaired) electrons. The molecule has 21 heteroatoms. The molecule has 92 heavy (non-hydrogen) atoms. The van der Waals surface area contributed by atoms with E-state index in [0.717, 1.165) is 47.4 Å². The van der Waals surface area contributed by atoms with E-state index < -0.39 is 15.6 Å². The predicted octanol–water partition coefficient (Wildman–Crippen LogP) is 16.1. The quantitative estimate of drug-likeness (QED) is 0.0451. The molecule has 0 aromatic heterocycles. The molecular formula is C71H158B3Cl2Li2N3O4P6Ru+2. The molecule has 1 atom stereocenters. The van der Waals surface area contributed by atoms with Crippen molar-refractivity contribution < 1.29 is 74.1 Å². The maximum Gasteiger partial charge on any atom is 1.00 e. The number of carbonyl (C=O) groups excluding carboxylic acids is 2. The number of halogens is 2. The van der Waals surface area contributed by atoms with Crippen LogP contribution in [0.2, 0.25) is 0 Å². The van der Waals surface area contributed by atoms with Gasteiger partial charge in [-0.2, -0.15) is 12.8 Å². The number of carbonyl (C=O) groups is 1. The first-order valence-corrected chi connectivity index (χ1v) is 45.4. The summed E-state index contributed by atoms with van der Waals surface area (Å²) in [6.07, 6.45) is 9.25. The molecule has 2 N–H and O–H groups in total. The van der Waals surface area contributed by atoms with Crippen LogP contribution in [0.25, 0.3) is 0 Å². The molecule has 0 aromatic carbocycles. The third kappa shape index (κ3) is 73.7. The van der Waals surface area contributed by atoms with Gasteiger partial charge in [0, 0.05) is 39.5 Å². The zero-order valence-corrected chi connectivity index (χ0v) is 78.1. The van der Waals surface area contributed by atoms with Gasteiger partial charge in [-0.25, -0.2) is 4.79 Å². The minimum atomic E-state index is -0.721. The van der Waals surface area contributed by atoms with Gasteiger partial charge in [0.2, 0.25) is 0 Å². The second-order valence-corrected chi connectivity index (χ2v) is 59.4. The van der Waals surface area contributed by atoms with Crippen LogP contribution < -0.4 is 48.4 Å². The Kier molecular flexibility index (Phi) is 71.8. The average molecular weight is 1520 g/mol. The molecule has 542 valence electrons. The molecule has 2 rings (SSSR count). The predicted molar refractivity (Wildman–Crippen MR) is 439 cm³/mol. The van der Waals surface area contributed by atoms with Crippen LogP contribution >= 0.6 is 69.2 Å². The average Bonchev–Trinajstić information content (AvgIpc) is 3.95. The molecule has 2 aliphatic heterocycles. The Hall–Kier alpha value is 3.99. The van der Waals surface area contributed by atoms with E-state index in [9.17, 15) is 4.79 Å². The van der Waals surface area contributed by atoms with Crippen molar-refractivity contribution in [1.82, 2.24) is 15.5 Å². The number of hydrogen-bond acceptors (Lipinski definition) is 6. The fourth-order valence-electron chi connectivity index (χ4n) is 10.9. The molecule has 0 spiro atoms. The summed E-state index contributed by atoms with van der Waals surface area (Å²) >= 11 is 7.02. The van der Waals surface area contributed by atoms with Gasteiger partial charge in [0.25, 0.3) is 0 Å². The van der Waals surface area contributed by atoms with Gasteiger partial charge in [-0.3, -0.25) is 6.79 Å². The van der Waals surface area contributed by atoms with Crippen LogP contribution in [0.1, 0.15) is 288 Å². The Morgan fingerprint density at radius 1 is 0.565 bits per heavy atom. The maximum absolute atomic E-state index is 10.6. The molecule has 0 aliphatic carbocycles. The van der Waals surface area contributed by atoms with E-state index in [1.807, 2.05) is 0 Å². The monoisotopic (exact) mass is 1520 g/mol. The molecule has 7 nitrogen and oxygen atoms in total. The third-order valence-corrected chi connectivity index (χ3v) is 33.8. The van der Waals surface area contributed by atoms with E-state index in [2.05, 4.69) is 302 Å². The fourth-order valence-corrected chi connectivity index (χ4v) is 29.5. The number of nitrogens with zero attached hydrogens (tertiary/aromatic N) is 1. The number of alkyl halides is 1. The molecule has 1 unspecified atom stereocenters. The first kappa shape index (κ1) is 117. The van der Waals surface area contributed by atoms with Crippen LogP contribution in [0, 0.1) is 13.8 Å². The summed E-state index contributed by atoms with van der Waals surface area (Å²) < 4.78 is 9.58. The van der Waals surface area contributed by atoms with Crippen LogP contribution in [-0.2, 0) is 31.6 Å². The van der Waals surface area contributed by atoms with Gasteiger partial charge in [0.05, 0.1) is 43.6 Å². The van der Waals surface area contributed by atoms with E-state index >= 15 is 0 Å². The van der Waals surface area contributed by atoms with E-state index in [4.69, 9.17) is 44.1 Å². The minimum absolute atomic E-state index is 0. The summed E-state index contributed by atoms with van der Waals surface area (Å²) in [5, 5.41) is 12.3. The number of amides is 1. The smallest absolute Gasteiger partial charge is 1.00 e. The van der Waals surface area contributed by atoms with Gasteiger partial charge in [0.15, 0.2) is 0 Å². The van der Waals surface area contributed by atoms with E-state index in [-0.39, 0.29) is 73.6 Å². The number of hydrogen-bond donors (Lipinski definition) is 2. The van der Waals surface area contributed by atoms with Gasteiger partial charge in [0.1, 0.15) is 14.5 Å². The van der Waals surface area contributed by atoms with E-state index in [0.29, 0.717) is 87.4 Å². The number of ether oxygens (including phenoxy) is 2. The summed E-state index contributed by atoms with van der Waals surface area (Å²) in [7, 11) is 21.5. The minimum Gasteiger partial charge on any atom is 1.00 e. The van der Waals surface area contributed by atoms with Crippen LogP contribution in [0.3, 0.4) is 0 Å². The van der Waals surface area contributed by atoms with Crippen LogP contribution in [-0.4, -0.2) is 185 Å². The molecule has 0 aromatic rings. The topological polar surface area (TPSA) is 79.9 Å². The number of rotatable bonds is 14. The first-order valence-electron chi connectivity index (χ1n) is 33.5. The number of cyclic esters (lactones) is 1. The van der Waals surface area contributed by atoms with Crippen molar-refractivity contribution in [2.24, 2.45) is 0 Å². The summed E-state index contributed by atoms with van der Waals surface area (Å²) in [5.74, 6) is 0.481. The third-order valence-electron chi connectivity index (χ3n) is 13.5. The van der Waals surface area contributed by atoms with Crippen molar-refractivity contribution in [3.63, 3.8) is 0 Å². The van der Waals surface area contributed by atoms with Crippen molar-refractivity contribution in [3.8, 4) is 0 Å². The normalized spacial score (nSPS) is 14.9. The Morgan fingerprint density at radius 3 is 1.02 bits per heavy atom. The molecule has 2 fully saturated rings.